The topological polar surface area (TPSA) is 180 Å². The Morgan fingerprint density at radius 1 is 0.560 bits per heavy atom. The molecule has 0 radical (unpaired) electrons. The van der Waals surface area contributed by atoms with Crippen LogP contribution in [0.5, 0.6) is 11.5 Å². The average Bonchev–Trinajstić information content (AvgIpc) is 3.70. The van der Waals surface area contributed by atoms with Crippen molar-refractivity contribution in [2.24, 2.45) is 10.8 Å². The molecule has 3 aromatic carbocycles. The molecule has 0 heterocycles. The number of para-hydroxylation sites is 2. The number of carbonyl (C=O) groups is 6. The molecule has 0 spiro atoms. The fourth-order valence-corrected chi connectivity index (χ4v) is 7.27. The van der Waals surface area contributed by atoms with Gasteiger partial charge in [-0.3, -0.25) is 28.8 Å². The van der Waals surface area contributed by atoms with Crippen molar-refractivity contribution in [3.05, 3.63) is 69.8 Å². The van der Waals surface area contributed by atoms with E-state index in [-0.39, 0.29) is 85.5 Å². The molecular formula is C38H38O12. The predicted octanol–water partition coefficient (Wildman–Crippen LogP) is 4.48. The number of aldehydes is 2. The maximum Gasteiger partial charge on any atom is 0.324 e. The Hall–Kier alpha value is -5.52. The fourth-order valence-electron chi connectivity index (χ4n) is 7.27. The van der Waals surface area contributed by atoms with Crippen LogP contribution in [0.1, 0.15) is 70.7 Å². The number of ether oxygens (including phenoxy) is 4. The molecule has 3 aromatic rings. The van der Waals surface area contributed by atoms with Gasteiger partial charge in [0.05, 0.1) is 37.6 Å². The number of hydrogen-bond donors (Lipinski definition) is 2. The van der Waals surface area contributed by atoms with Crippen molar-refractivity contribution in [2.45, 2.75) is 53.4 Å². The number of hydrogen-bond acceptors (Lipinski definition) is 12. The van der Waals surface area contributed by atoms with E-state index in [4.69, 9.17) is 18.9 Å². The third-order valence-corrected chi connectivity index (χ3v) is 9.44. The molecule has 0 aliphatic heterocycles. The molecule has 0 fully saturated rings. The van der Waals surface area contributed by atoms with Crippen LogP contribution in [0, 0.1) is 10.8 Å². The predicted molar refractivity (Wildman–Crippen MR) is 178 cm³/mol. The van der Waals surface area contributed by atoms with E-state index in [1.165, 1.54) is 12.1 Å². The normalized spacial score (nSPS) is 15.0. The average molecular weight is 687 g/mol. The van der Waals surface area contributed by atoms with Crippen LogP contribution in [0.4, 0.5) is 0 Å². The van der Waals surface area contributed by atoms with Crippen LogP contribution in [0.2, 0.25) is 0 Å². The highest BCUT2D eigenvalue weighted by Crippen LogP contribution is 2.57. The number of phenolic OH excluding ortho intramolecular Hbond substituents is 2. The standard InChI is InChI=1S/C38H38O12/c1-5-47-33(43)37(34(44)48-6-2)15-25-26(16-37)30(24-14-10-12-22(20-40)32(24)42)28-18-38(35(45)49-7-3,36(46)50-8-4)17-27(28)29(25)23-13-9-11-21(19-39)31(23)41/h9-14,19-20,41-42H,5-8,15-18H2,1-4H3. The fraction of sp³-hybridized carbons (Fsp3) is 0.368. The number of fused-ring (bicyclic) bond motifs is 2. The van der Waals surface area contributed by atoms with Gasteiger partial charge in [0.25, 0.3) is 0 Å². The Balaban J connectivity index is 1.98. The molecule has 2 aliphatic carbocycles. The van der Waals surface area contributed by atoms with Gasteiger partial charge in [0.1, 0.15) is 11.5 Å². The maximum absolute atomic E-state index is 13.8. The summed E-state index contributed by atoms with van der Waals surface area (Å²) in [7, 11) is 0. The Bertz CT molecular complexity index is 1690. The maximum atomic E-state index is 13.8. The van der Waals surface area contributed by atoms with Gasteiger partial charge < -0.3 is 29.2 Å². The molecule has 2 N–H and O–H groups in total. The van der Waals surface area contributed by atoms with E-state index >= 15 is 0 Å². The second-order valence-corrected chi connectivity index (χ2v) is 12.1. The Labute approximate surface area is 288 Å². The molecule has 0 saturated heterocycles. The summed E-state index contributed by atoms with van der Waals surface area (Å²) in [5.41, 5.74) is -1.60. The quantitative estimate of drug-likeness (QED) is 0.118. The van der Waals surface area contributed by atoms with Crippen LogP contribution in [-0.4, -0.2) is 73.1 Å². The SMILES string of the molecule is CCOC(=O)C1(C(=O)OCC)Cc2c(c(-c3cccc(C=O)c3O)c3c(c2-c2cccc(C=O)c2O)CC(C(=O)OCC)(C(=O)OCC)C3)C1. The lowest BCUT2D eigenvalue weighted by molar-refractivity contribution is -0.172. The van der Waals surface area contributed by atoms with Crippen LogP contribution in [0.25, 0.3) is 22.3 Å². The highest BCUT2D eigenvalue weighted by Gasteiger charge is 2.59. The molecule has 0 amide bonds. The summed E-state index contributed by atoms with van der Waals surface area (Å²) in [6.45, 7) is 6.22. The first-order valence-corrected chi connectivity index (χ1v) is 16.4. The molecular weight excluding hydrogens is 648 g/mol. The number of rotatable bonds is 12. The molecule has 12 heteroatoms. The number of phenols is 2. The van der Waals surface area contributed by atoms with E-state index in [2.05, 4.69) is 0 Å². The first kappa shape index (κ1) is 35.8. The first-order valence-electron chi connectivity index (χ1n) is 16.4. The van der Waals surface area contributed by atoms with Crippen LogP contribution < -0.4 is 0 Å². The van der Waals surface area contributed by atoms with Crippen molar-refractivity contribution >= 4 is 36.4 Å². The molecule has 0 atom stereocenters. The summed E-state index contributed by atoms with van der Waals surface area (Å²) in [5, 5.41) is 22.9. The zero-order valence-electron chi connectivity index (χ0n) is 28.3. The van der Waals surface area contributed by atoms with Crippen LogP contribution in [-0.2, 0) is 63.8 Å². The molecule has 0 saturated carbocycles. The minimum absolute atomic E-state index is 0.0432. The van der Waals surface area contributed by atoms with Crippen molar-refractivity contribution in [1.29, 1.82) is 0 Å². The zero-order chi connectivity index (χ0) is 36.4. The van der Waals surface area contributed by atoms with E-state index < -0.39 is 46.2 Å². The van der Waals surface area contributed by atoms with Crippen LogP contribution in [0.15, 0.2) is 36.4 Å². The number of carbonyl (C=O) groups excluding carboxylic acids is 6. The van der Waals surface area contributed by atoms with E-state index in [1.54, 1.807) is 52.0 Å². The highest BCUT2D eigenvalue weighted by molar-refractivity contribution is 6.06. The van der Waals surface area contributed by atoms with Gasteiger partial charge in [-0.1, -0.05) is 24.3 Å². The summed E-state index contributed by atoms with van der Waals surface area (Å²) in [6.07, 6.45) is -0.222. The summed E-state index contributed by atoms with van der Waals surface area (Å²) >= 11 is 0. The Morgan fingerprint density at radius 3 is 1.08 bits per heavy atom. The van der Waals surface area contributed by atoms with E-state index in [1.807, 2.05) is 0 Å². The van der Waals surface area contributed by atoms with Crippen molar-refractivity contribution in [3.8, 4) is 33.8 Å². The van der Waals surface area contributed by atoms with Gasteiger partial charge in [-0.2, -0.15) is 0 Å². The van der Waals surface area contributed by atoms with E-state index in [0.717, 1.165) is 0 Å². The van der Waals surface area contributed by atoms with Gasteiger partial charge in [-0.15, -0.1) is 0 Å². The second-order valence-electron chi connectivity index (χ2n) is 12.1. The van der Waals surface area contributed by atoms with Gasteiger partial charge >= 0.3 is 23.9 Å². The minimum atomic E-state index is -1.90. The monoisotopic (exact) mass is 686 g/mol. The third-order valence-electron chi connectivity index (χ3n) is 9.44. The van der Waals surface area contributed by atoms with Gasteiger partial charge in [0, 0.05) is 36.8 Å². The Kier molecular flexibility index (Phi) is 10.1. The lowest BCUT2D eigenvalue weighted by Gasteiger charge is -2.25. The molecule has 5 rings (SSSR count). The third kappa shape index (κ3) is 5.58. The molecule has 0 bridgehead atoms. The second kappa shape index (κ2) is 14.1. The Morgan fingerprint density at radius 2 is 0.840 bits per heavy atom. The molecule has 262 valence electrons. The van der Waals surface area contributed by atoms with E-state index in [9.17, 15) is 39.0 Å². The summed E-state index contributed by atoms with van der Waals surface area (Å²) in [4.78, 5) is 79.3. The largest absolute Gasteiger partial charge is 0.507 e. The van der Waals surface area contributed by atoms with E-state index in [0.29, 0.717) is 34.8 Å². The summed E-state index contributed by atoms with van der Waals surface area (Å²) < 4.78 is 21.7. The van der Waals surface area contributed by atoms with Crippen molar-refractivity contribution < 1.29 is 57.9 Å². The minimum Gasteiger partial charge on any atom is -0.507 e. The molecule has 12 nitrogen and oxygen atoms in total. The number of esters is 4. The van der Waals surface area contributed by atoms with Crippen LogP contribution in [0.3, 0.4) is 0 Å². The lowest BCUT2D eigenvalue weighted by Crippen LogP contribution is -2.43. The smallest absolute Gasteiger partial charge is 0.324 e. The van der Waals surface area contributed by atoms with Gasteiger partial charge in [0.2, 0.25) is 0 Å². The van der Waals surface area contributed by atoms with Gasteiger partial charge in [0.15, 0.2) is 23.4 Å². The zero-order valence-corrected chi connectivity index (χ0v) is 28.3. The van der Waals surface area contributed by atoms with Crippen LogP contribution >= 0.6 is 0 Å². The molecule has 0 unspecified atom stereocenters. The molecule has 2 aliphatic rings. The van der Waals surface area contributed by atoms with Crippen molar-refractivity contribution in [3.63, 3.8) is 0 Å². The first-order chi connectivity index (χ1) is 24.0. The van der Waals surface area contributed by atoms with Gasteiger partial charge in [-0.25, -0.2) is 0 Å². The van der Waals surface area contributed by atoms with Crippen molar-refractivity contribution in [2.75, 3.05) is 26.4 Å². The number of benzene rings is 3. The lowest BCUT2D eigenvalue weighted by atomic mass is 9.82. The molecule has 0 aromatic heterocycles. The van der Waals surface area contributed by atoms with Gasteiger partial charge in [-0.05, 0) is 73.2 Å². The number of aromatic hydroxyl groups is 2. The molecule has 50 heavy (non-hydrogen) atoms. The summed E-state index contributed by atoms with van der Waals surface area (Å²) in [5.74, 6) is -4.21. The summed E-state index contributed by atoms with van der Waals surface area (Å²) in [6, 6.07) is 9.00. The highest BCUT2D eigenvalue weighted by atomic mass is 16.6. The van der Waals surface area contributed by atoms with Crippen molar-refractivity contribution in [1.82, 2.24) is 0 Å².